The molecule has 0 saturated heterocycles. The van der Waals surface area contributed by atoms with Crippen LogP contribution in [0.5, 0.6) is 0 Å². The summed E-state index contributed by atoms with van der Waals surface area (Å²) < 4.78 is 1.63. The molecule has 1 aliphatic rings. The molecule has 0 atom stereocenters. The standard InChI is InChI=1S/C16H21N5O2/c1-16(2,3)13-7-12(20(4)19-13)15(23)21-6-5-10-11(8-21)17-9-18-14(10)22/h7,9H,5-6,8H2,1-4H3,(H,17,18,22). The number of H-pyrrole nitrogens is 1. The van der Waals surface area contributed by atoms with Crippen LogP contribution in [0, 0.1) is 0 Å². The fraction of sp³-hybridized carbons (Fsp3) is 0.500. The van der Waals surface area contributed by atoms with Gasteiger partial charge in [0.25, 0.3) is 11.5 Å². The van der Waals surface area contributed by atoms with Crippen LogP contribution in [0.4, 0.5) is 0 Å². The molecule has 0 aromatic carbocycles. The largest absolute Gasteiger partial charge is 0.331 e. The van der Waals surface area contributed by atoms with Crippen LogP contribution in [0.1, 0.15) is 48.2 Å². The van der Waals surface area contributed by atoms with Crippen molar-refractivity contribution in [2.24, 2.45) is 7.05 Å². The minimum atomic E-state index is -0.113. The van der Waals surface area contributed by atoms with Crippen LogP contribution >= 0.6 is 0 Å². The van der Waals surface area contributed by atoms with Gasteiger partial charge in [0.2, 0.25) is 0 Å². The second kappa shape index (κ2) is 5.33. The first-order valence-corrected chi connectivity index (χ1v) is 7.66. The number of hydrogen-bond acceptors (Lipinski definition) is 4. The Balaban J connectivity index is 1.88. The average molecular weight is 315 g/mol. The van der Waals surface area contributed by atoms with Gasteiger partial charge in [-0.25, -0.2) is 4.98 Å². The summed E-state index contributed by atoms with van der Waals surface area (Å²) >= 11 is 0. The topological polar surface area (TPSA) is 83.9 Å². The van der Waals surface area contributed by atoms with Crippen LogP contribution in [-0.2, 0) is 25.4 Å². The van der Waals surface area contributed by atoms with E-state index >= 15 is 0 Å². The molecule has 7 nitrogen and oxygen atoms in total. The van der Waals surface area contributed by atoms with E-state index in [2.05, 4.69) is 35.8 Å². The number of amides is 1. The van der Waals surface area contributed by atoms with Crippen LogP contribution in [0.2, 0.25) is 0 Å². The van der Waals surface area contributed by atoms with Crippen LogP contribution in [0.3, 0.4) is 0 Å². The van der Waals surface area contributed by atoms with Crippen molar-refractivity contribution in [3.8, 4) is 0 Å². The van der Waals surface area contributed by atoms with E-state index in [-0.39, 0.29) is 16.9 Å². The molecular formula is C16H21N5O2. The molecule has 2 aromatic rings. The lowest BCUT2D eigenvalue weighted by atomic mass is 9.92. The van der Waals surface area contributed by atoms with Gasteiger partial charge in [-0.1, -0.05) is 20.8 Å². The Morgan fingerprint density at radius 1 is 1.35 bits per heavy atom. The predicted molar refractivity (Wildman–Crippen MR) is 85.2 cm³/mol. The molecule has 1 aliphatic heterocycles. The first-order chi connectivity index (χ1) is 10.8. The Bertz CT molecular complexity index is 813. The van der Waals surface area contributed by atoms with Gasteiger partial charge in [0, 0.05) is 24.6 Å². The highest BCUT2D eigenvalue weighted by molar-refractivity contribution is 5.92. The lowest BCUT2D eigenvalue weighted by Crippen LogP contribution is -2.39. The van der Waals surface area contributed by atoms with Crippen molar-refractivity contribution in [1.82, 2.24) is 24.6 Å². The SMILES string of the molecule is Cn1nc(C(C)(C)C)cc1C(=O)N1CCc2c(nc[nH]c2=O)C1. The normalized spacial score (nSPS) is 14.7. The van der Waals surface area contributed by atoms with E-state index in [4.69, 9.17) is 0 Å². The van der Waals surface area contributed by atoms with Crippen molar-refractivity contribution >= 4 is 5.91 Å². The van der Waals surface area contributed by atoms with E-state index in [1.54, 1.807) is 16.6 Å². The third-order valence-corrected chi connectivity index (χ3v) is 4.17. The lowest BCUT2D eigenvalue weighted by molar-refractivity contribution is 0.0720. The summed E-state index contributed by atoms with van der Waals surface area (Å²) in [5.74, 6) is -0.0803. The number of carbonyl (C=O) groups excluding carboxylic acids is 1. The Morgan fingerprint density at radius 3 is 2.74 bits per heavy atom. The molecule has 0 aliphatic carbocycles. The van der Waals surface area contributed by atoms with Crippen molar-refractivity contribution in [1.29, 1.82) is 0 Å². The second-order valence-electron chi connectivity index (χ2n) is 6.92. The number of aryl methyl sites for hydroxylation is 1. The monoisotopic (exact) mass is 315 g/mol. The summed E-state index contributed by atoms with van der Waals surface area (Å²) in [7, 11) is 1.78. The van der Waals surface area contributed by atoms with Crippen LogP contribution in [-0.4, -0.2) is 37.1 Å². The number of aromatic amines is 1. The molecule has 0 saturated carbocycles. The molecule has 7 heteroatoms. The minimum Gasteiger partial charge on any atom is -0.331 e. The zero-order valence-electron chi connectivity index (χ0n) is 13.9. The number of nitrogens with zero attached hydrogens (tertiary/aromatic N) is 4. The summed E-state index contributed by atoms with van der Waals surface area (Å²) in [6.45, 7) is 7.07. The molecule has 3 rings (SSSR count). The number of carbonyl (C=O) groups is 1. The van der Waals surface area contributed by atoms with Gasteiger partial charge in [-0.15, -0.1) is 0 Å². The Hall–Kier alpha value is -2.44. The molecule has 122 valence electrons. The maximum Gasteiger partial charge on any atom is 0.272 e. The number of rotatable bonds is 1. The highest BCUT2D eigenvalue weighted by atomic mass is 16.2. The average Bonchev–Trinajstić information content (AvgIpc) is 2.88. The maximum absolute atomic E-state index is 12.8. The van der Waals surface area contributed by atoms with Crippen molar-refractivity contribution in [3.63, 3.8) is 0 Å². The number of nitrogens with one attached hydrogen (secondary N) is 1. The fourth-order valence-corrected chi connectivity index (χ4v) is 2.73. The zero-order chi connectivity index (χ0) is 16.8. The second-order valence-corrected chi connectivity index (χ2v) is 6.92. The van der Waals surface area contributed by atoms with E-state index in [1.807, 2.05) is 6.07 Å². The molecule has 0 spiro atoms. The molecule has 0 fully saturated rings. The molecule has 0 unspecified atom stereocenters. The molecule has 2 aromatic heterocycles. The van der Waals surface area contributed by atoms with E-state index < -0.39 is 0 Å². The van der Waals surface area contributed by atoms with E-state index in [0.717, 1.165) is 5.69 Å². The third kappa shape index (κ3) is 2.78. The summed E-state index contributed by atoms with van der Waals surface area (Å²) in [6, 6.07) is 1.85. The maximum atomic E-state index is 12.8. The van der Waals surface area contributed by atoms with Gasteiger partial charge in [0.05, 0.1) is 24.3 Å². The first kappa shape index (κ1) is 15.5. The molecule has 23 heavy (non-hydrogen) atoms. The molecule has 3 heterocycles. The highest BCUT2D eigenvalue weighted by Gasteiger charge is 2.28. The summed E-state index contributed by atoms with van der Waals surface area (Å²) in [5, 5.41) is 4.45. The van der Waals surface area contributed by atoms with Gasteiger partial charge >= 0.3 is 0 Å². The van der Waals surface area contributed by atoms with Crippen LogP contribution < -0.4 is 5.56 Å². The van der Waals surface area contributed by atoms with E-state index in [9.17, 15) is 9.59 Å². The van der Waals surface area contributed by atoms with E-state index in [0.29, 0.717) is 36.5 Å². The van der Waals surface area contributed by atoms with Crippen molar-refractivity contribution < 1.29 is 4.79 Å². The minimum absolute atomic E-state index is 0.0803. The van der Waals surface area contributed by atoms with Crippen LogP contribution in [0.25, 0.3) is 0 Å². The summed E-state index contributed by atoms with van der Waals surface area (Å²) in [6.07, 6.45) is 1.91. The molecule has 1 amide bonds. The molecule has 0 bridgehead atoms. The quantitative estimate of drug-likeness (QED) is 0.851. The lowest BCUT2D eigenvalue weighted by Gasteiger charge is -2.27. The van der Waals surface area contributed by atoms with Crippen LogP contribution in [0.15, 0.2) is 17.2 Å². The molecular weight excluding hydrogens is 294 g/mol. The van der Waals surface area contributed by atoms with Crippen molar-refractivity contribution in [3.05, 3.63) is 45.4 Å². The zero-order valence-corrected chi connectivity index (χ0v) is 13.9. The highest BCUT2D eigenvalue weighted by Crippen LogP contribution is 2.23. The van der Waals surface area contributed by atoms with Gasteiger partial charge in [0.15, 0.2) is 0 Å². The Morgan fingerprint density at radius 2 is 2.09 bits per heavy atom. The first-order valence-electron chi connectivity index (χ1n) is 7.66. The number of fused-ring (bicyclic) bond motifs is 1. The number of aromatic nitrogens is 4. The Kier molecular flexibility index (Phi) is 3.58. The molecule has 0 radical (unpaired) electrons. The van der Waals surface area contributed by atoms with Crippen molar-refractivity contribution in [2.75, 3.05) is 6.54 Å². The fourth-order valence-electron chi connectivity index (χ4n) is 2.73. The predicted octanol–water partition coefficient (Wildman–Crippen LogP) is 0.999. The van der Waals surface area contributed by atoms with Gasteiger partial charge in [-0.05, 0) is 12.5 Å². The summed E-state index contributed by atoms with van der Waals surface area (Å²) in [5.41, 5.74) is 2.57. The number of hydrogen-bond donors (Lipinski definition) is 1. The summed E-state index contributed by atoms with van der Waals surface area (Å²) in [4.78, 5) is 33.1. The van der Waals surface area contributed by atoms with Crippen molar-refractivity contribution in [2.45, 2.75) is 39.2 Å². The van der Waals surface area contributed by atoms with Gasteiger partial charge < -0.3 is 9.88 Å². The van der Waals surface area contributed by atoms with E-state index in [1.165, 1.54) is 6.33 Å². The van der Waals surface area contributed by atoms with Gasteiger partial charge in [-0.3, -0.25) is 14.3 Å². The third-order valence-electron chi connectivity index (χ3n) is 4.17. The Labute approximate surface area is 134 Å². The van der Waals surface area contributed by atoms with Gasteiger partial charge in [-0.2, -0.15) is 5.10 Å². The smallest absolute Gasteiger partial charge is 0.272 e. The van der Waals surface area contributed by atoms with Gasteiger partial charge in [0.1, 0.15) is 5.69 Å². The molecule has 1 N–H and O–H groups in total.